The molecule has 1 N–H and O–H groups in total. The Hall–Kier alpha value is -1.62. The number of rotatable bonds is 1. The van der Waals surface area contributed by atoms with E-state index in [2.05, 4.69) is 10.3 Å². The minimum absolute atomic E-state index is 0.0525. The van der Waals surface area contributed by atoms with Crippen LogP contribution in [0.25, 0.3) is 11.0 Å². The SMILES string of the molecule is Cn1c(=O)n(C2CCNC2)c2cnccc21. The molecule has 1 unspecified atom stereocenters. The summed E-state index contributed by atoms with van der Waals surface area (Å²) in [5.41, 5.74) is 1.94. The van der Waals surface area contributed by atoms with Crippen LogP contribution in [0.4, 0.5) is 0 Å². The minimum Gasteiger partial charge on any atom is -0.315 e. The van der Waals surface area contributed by atoms with Crippen LogP contribution in [0.2, 0.25) is 0 Å². The fraction of sp³-hybridized carbons (Fsp3) is 0.455. The standard InChI is InChI=1S/C11H14N4O/c1-14-9-3-5-13-7-10(9)15(11(14)16)8-2-4-12-6-8/h3,5,7-8,12H,2,4,6H2,1H3. The second-order valence-corrected chi connectivity index (χ2v) is 4.22. The van der Waals surface area contributed by atoms with E-state index in [1.54, 1.807) is 17.0 Å². The molecule has 3 heterocycles. The maximum Gasteiger partial charge on any atom is 0.329 e. The Bertz CT molecular complexity index is 577. The number of hydrogen-bond donors (Lipinski definition) is 1. The largest absolute Gasteiger partial charge is 0.329 e. The van der Waals surface area contributed by atoms with Crippen LogP contribution in [0.1, 0.15) is 12.5 Å². The van der Waals surface area contributed by atoms with Gasteiger partial charge in [0.1, 0.15) is 0 Å². The number of nitrogens with one attached hydrogen (secondary N) is 1. The molecule has 2 aromatic rings. The summed E-state index contributed by atoms with van der Waals surface area (Å²) in [6.07, 6.45) is 4.50. The monoisotopic (exact) mass is 218 g/mol. The number of imidazole rings is 1. The molecule has 0 bridgehead atoms. The van der Waals surface area contributed by atoms with Gasteiger partial charge in [0, 0.05) is 19.8 Å². The van der Waals surface area contributed by atoms with Crippen molar-refractivity contribution in [3.05, 3.63) is 28.9 Å². The maximum atomic E-state index is 12.1. The lowest BCUT2D eigenvalue weighted by atomic mass is 10.2. The maximum absolute atomic E-state index is 12.1. The Labute approximate surface area is 92.7 Å². The van der Waals surface area contributed by atoms with E-state index in [-0.39, 0.29) is 11.7 Å². The first-order chi connectivity index (χ1) is 7.79. The summed E-state index contributed by atoms with van der Waals surface area (Å²) >= 11 is 0. The lowest BCUT2D eigenvalue weighted by Crippen LogP contribution is -2.27. The Balaban J connectivity index is 2.30. The van der Waals surface area contributed by atoms with Crippen LogP contribution in [0.15, 0.2) is 23.3 Å². The van der Waals surface area contributed by atoms with Gasteiger partial charge in [-0.25, -0.2) is 4.79 Å². The van der Waals surface area contributed by atoms with Crippen molar-refractivity contribution < 1.29 is 0 Å². The zero-order chi connectivity index (χ0) is 11.1. The molecule has 3 rings (SSSR count). The summed E-state index contributed by atoms with van der Waals surface area (Å²) in [6.45, 7) is 1.85. The number of nitrogens with zero attached hydrogens (tertiary/aromatic N) is 3. The Morgan fingerprint density at radius 1 is 1.50 bits per heavy atom. The van der Waals surface area contributed by atoms with Crippen LogP contribution >= 0.6 is 0 Å². The van der Waals surface area contributed by atoms with Gasteiger partial charge in [-0.3, -0.25) is 14.1 Å². The van der Waals surface area contributed by atoms with Gasteiger partial charge in [0.15, 0.2) is 0 Å². The second kappa shape index (κ2) is 3.45. The molecule has 0 radical (unpaired) electrons. The molecule has 0 aliphatic carbocycles. The average molecular weight is 218 g/mol. The van der Waals surface area contributed by atoms with Crippen LogP contribution in [0, 0.1) is 0 Å². The van der Waals surface area contributed by atoms with Crippen LogP contribution in [-0.2, 0) is 7.05 Å². The van der Waals surface area contributed by atoms with E-state index in [4.69, 9.17) is 0 Å². The molecule has 1 aliphatic rings. The predicted octanol–water partition coefficient (Wildman–Crippen LogP) is 0.269. The molecule has 0 saturated carbocycles. The van der Waals surface area contributed by atoms with E-state index in [1.165, 1.54) is 0 Å². The molecule has 0 aromatic carbocycles. The zero-order valence-electron chi connectivity index (χ0n) is 9.18. The molecule has 5 heteroatoms. The highest BCUT2D eigenvalue weighted by Crippen LogP contribution is 2.19. The smallest absolute Gasteiger partial charge is 0.315 e. The van der Waals surface area contributed by atoms with Gasteiger partial charge in [0.05, 0.1) is 23.3 Å². The van der Waals surface area contributed by atoms with Crippen molar-refractivity contribution in [3.8, 4) is 0 Å². The third-order valence-corrected chi connectivity index (χ3v) is 3.29. The highest BCUT2D eigenvalue weighted by molar-refractivity contribution is 5.74. The van der Waals surface area contributed by atoms with Crippen molar-refractivity contribution in [1.29, 1.82) is 0 Å². The number of aromatic nitrogens is 3. The van der Waals surface area contributed by atoms with Gasteiger partial charge in [-0.2, -0.15) is 0 Å². The quantitative estimate of drug-likeness (QED) is 0.747. The van der Waals surface area contributed by atoms with E-state index in [0.717, 1.165) is 30.5 Å². The first-order valence-electron chi connectivity index (χ1n) is 5.50. The van der Waals surface area contributed by atoms with E-state index in [9.17, 15) is 4.79 Å². The second-order valence-electron chi connectivity index (χ2n) is 4.22. The van der Waals surface area contributed by atoms with E-state index >= 15 is 0 Å². The van der Waals surface area contributed by atoms with Crippen molar-refractivity contribution in [2.45, 2.75) is 12.5 Å². The summed E-state index contributed by atoms with van der Waals surface area (Å²) in [5, 5.41) is 3.28. The van der Waals surface area contributed by atoms with Crippen LogP contribution in [0.3, 0.4) is 0 Å². The highest BCUT2D eigenvalue weighted by atomic mass is 16.1. The summed E-state index contributed by atoms with van der Waals surface area (Å²) in [4.78, 5) is 16.3. The van der Waals surface area contributed by atoms with E-state index in [1.807, 2.05) is 17.7 Å². The molecule has 84 valence electrons. The van der Waals surface area contributed by atoms with Crippen LogP contribution in [0.5, 0.6) is 0 Å². The van der Waals surface area contributed by atoms with Crippen molar-refractivity contribution in [1.82, 2.24) is 19.4 Å². The summed E-state index contributed by atoms with van der Waals surface area (Å²) in [7, 11) is 1.81. The molecular weight excluding hydrogens is 204 g/mol. The summed E-state index contributed by atoms with van der Waals surface area (Å²) in [5.74, 6) is 0. The Morgan fingerprint density at radius 3 is 3.12 bits per heavy atom. The normalized spacial score (nSPS) is 20.7. The highest BCUT2D eigenvalue weighted by Gasteiger charge is 2.21. The van der Waals surface area contributed by atoms with Gasteiger partial charge in [-0.1, -0.05) is 0 Å². The van der Waals surface area contributed by atoms with Gasteiger partial charge in [0.2, 0.25) is 0 Å². The van der Waals surface area contributed by atoms with Gasteiger partial charge in [0.25, 0.3) is 0 Å². The number of fused-ring (bicyclic) bond motifs is 1. The number of aryl methyl sites for hydroxylation is 1. The third-order valence-electron chi connectivity index (χ3n) is 3.29. The molecule has 0 amide bonds. The topological polar surface area (TPSA) is 51.9 Å². The minimum atomic E-state index is 0.0525. The van der Waals surface area contributed by atoms with E-state index in [0.29, 0.717) is 0 Å². The lowest BCUT2D eigenvalue weighted by molar-refractivity contribution is 0.535. The van der Waals surface area contributed by atoms with Crippen molar-refractivity contribution in [3.63, 3.8) is 0 Å². The van der Waals surface area contributed by atoms with Crippen molar-refractivity contribution in [2.24, 2.45) is 7.05 Å². The summed E-state index contributed by atoms with van der Waals surface area (Å²) in [6, 6.07) is 2.15. The lowest BCUT2D eigenvalue weighted by Gasteiger charge is -2.09. The third kappa shape index (κ3) is 1.21. The molecule has 16 heavy (non-hydrogen) atoms. The van der Waals surface area contributed by atoms with E-state index < -0.39 is 0 Å². The number of hydrogen-bond acceptors (Lipinski definition) is 3. The molecule has 1 saturated heterocycles. The molecule has 0 spiro atoms. The summed E-state index contributed by atoms with van der Waals surface area (Å²) < 4.78 is 3.55. The first-order valence-corrected chi connectivity index (χ1v) is 5.50. The fourth-order valence-corrected chi connectivity index (χ4v) is 2.43. The predicted molar refractivity (Wildman–Crippen MR) is 61.5 cm³/mol. The van der Waals surface area contributed by atoms with Crippen LogP contribution < -0.4 is 11.0 Å². The van der Waals surface area contributed by atoms with Crippen LogP contribution in [-0.4, -0.2) is 27.2 Å². The van der Waals surface area contributed by atoms with Gasteiger partial charge >= 0.3 is 5.69 Å². The molecule has 2 aromatic heterocycles. The average Bonchev–Trinajstić information content (AvgIpc) is 2.89. The van der Waals surface area contributed by atoms with Gasteiger partial charge in [-0.15, -0.1) is 0 Å². The molecular formula is C11H14N4O. The zero-order valence-corrected chi connectivity index (χ0v) is 9.18. The Morgan fingerprint density at radius 2 is 2.38 bits per heavy atom. The van der Waals surface area contributed by atoms with Gasteiger partial charge in [-0.05, 0) is 19.0 Å². The van der Waals surface area contributed by atoms with Crippen molar-refractivity contribution in [2.75, 3.05) is 13.1 Å². The number of pyridine rings is 1. The van der Waals surface area contributed by atoms with Gasteiger partial charge < -0.3 is 5.32 Å². The fourth-order valence-electron chi connectivity index (χ4n) is 2.43. The van der Waals surface area contributed by atoms with Crippen molar-refractivity contribution >= 4 is 11.0 Å². The molecule has 1 fully saturated rings. The molecule has 1 atom stereocenters. The molecule has 1 aliphatic heterocycles. The molecule has 5 nitrogen and oxygen atoms in total. The Kier molecular flexibility index (Phi) is 2.07. The first kappa shape index (κ1) is 9.59.